The Labute approximate surface area is 90.2 Å². The van der Waals surface area contributed by atoms with E-state index < -0.39 is 0 Å². The molecule has 0 saturated carbocycles. The molecule has 1 rings (SSSR count). The van der Waals surface area contributed by atoms with E-state index in [1.807, 2.05) is 13.0 Å². The Kier molecular flexibility index (Phi) is 4.56. The van der Waals surface area contributed by atoms with Crippen LogP contribution in [0.15, 0.2) is 18.2 Å². The predicted octanol–water partition coefficient (Wildman–Crippen LogP) is 2.50. The zero-order chi connectivity index (χ0) is 11.3. The van der Waals surface area contributed by atoms with Crippen molar-refractivity contribution >= 4 is 0 Å². The smallest absolute Gasteiger partial charge is 0.165 e. The van der Waals surface area contributed by atoms with Crippen LogP contribution in [0.2, 0.25) is 0 Å². The minimum Gasteiger partial charge on any atom is -0.494 e. The SMILES string of the molecule is COc1ccc(CCCC(C)N)cc1F. The summed E-state index contributed by atoms with van der Waals surface area (Å²) < 4.78 is 18.1. The third-order valence-electron chi connectivity index (χ3n) is 2.34. The van der Waals surface area contributed by atoms with Crippen molar-refractivity contribution in [2.45, 2.75) is 32.2 Å². The van der Waals surface area contributed by atoms with Gasteiger partial charge in [-0.25, -0.2) is 4.39 Å². The second kappa shape index (κ2) is 5.71. The predicted molar refractivity (Wildman–Crippen MR) is 59.5 cm³/mol. The zero-order valence-electron chi connectivity index (χ0n) is 9.29. The van der Waals surface area contributed by atoms with E-state index >= 15 is 0 Å². The fourth-order valence-corrected chi connectivity index (χ4v) is 1.49. The number of hydrogen-bond acceptors (Lipinski definition) is 2. The normalized spacial score (nSPS) is 12.5. The highest BCUT2D eigenvalue weighted by Crippen LogP contribution is 2.18. The largest absolute Gasteiger partial charge is 0.494 e. The molecule has 0 aliphatic heterocycles. The maximum absolute atomic E-state index is 13.3. The minimum atomic E-state index is -0.296. The van der Waals surface area contributed by atoms with Gasteiger partial charge in [0.1, 0.15) is 0 Å². The number of methoxy groups -OCH3 is 1. The molecule has 0 bridgehead atoms. The Morgan fingerprint density at radius 1 is 1.47 bits per heavy atom. The van der Waals surface area contributed by atoms with Crippen LogP contribution in [-0.2, 0) is 6.42 Å². The molecular formula is C12H18FNO. The lowest BCUT2D eigenvalue weighted by Crippen LogP contribution is -2.14. The summed E-state index contributed by atoms with van der Waals surface area (Å²) in [7, 11) is 1.47. The van der Waals surface area contributed by atoms with Crippen molar-refractivity contribution in [2.75, 3.05) is 7.11 Å². The van der Waals surface area contributed by atoms with Crippen molar-refractivity contribution in [3.63, 3.8) is 0 Å². The van der Waals surface area contributed by atoms with Gasteiger partial charge in [0.2, 0.25) is 0 Å². The second-order valence-corrected chi connectivity index (χ2v) is 3.84. The van der Waals surface area contributed by atoms with Crippen LogP contribution < -0.4 is 10.5 Å². The molecule has 0 saturated heterocycles. The lowest BCUT2D eigenvalue weighted by atomic mass is 10.1. The van der Waals surface area contributed by atoms with E-state index in [4.69, 9.17) is 10.5 Å². The van der Waals surface area contributed by atoms with Crippen LogP contribution in [0.25, 0.3) is 0 Å². The van der Waals surface area contributed by atoms with Gasteiger partial charge in [0.15, 0.2) is 11.6 Å². The summed E-state index contributed by atoms with van der Waals surface area (Å²) in [5.41, 5.74) is 6.63. The van der Waals surface area contributed by atoms with E-state index in [9.17, 15) is 4.39 Å². The van der Waals surface area contributed by atoms with E-state index in [2.05, 4.69) is 0 Å². The highest BCUT2D eigenvalue weighted by atomic mass is 19.1. The molecule has 0 amide bonds. The molecule has 1 unspecified atom stereocenters. The van der Waals surface area contributed by atoms with Gasteiger partial charge in [0, 0.05) is 6.04 Å². The van der Waals surface area contributed by atoms with Crippen molar-refractivity contribution < 1.29 is 9.13 Å². The number of ether oxygens (including phenoxy) is 1. The average Bonchev–Trinajstić information content (AvgIpc) is 2.17. The first kappa shape index (κ1) is 12.0. The van der Waals surface area contributed by atoms with Gasteiger partial charge in [0.25, 0.3) is 0 Å². The topological polar surface area (TPSA) is 35.2 Å². The number of hydrogen-bond donors (Lipinski definition) is 1. The van der Waals surface area contributed by atoms with Gasteiger partial charge >= 0.3 is 0 Å². The molecule has 15 heavy (non-hydrogen) atoms. The van der Waals surface area contributed by atoms with Gasteiger partial charge in [-0.05, 0) is 43.9 Å². The third kappa shape index (κ3) is 3.88. The zero-order valence-corrected chi connectivity index (χ0v) is 9.29. The number of halogens is 1. The van der Waals surface area contributed by atoms with E-state index in [1.54, 1.807) is 6.07 Å². The molecule has 2 N–H and O–H groups in total. The van der Waals surface area contributed by atoms with Gasteiger partial charge in [-0.1, -0.05) is 6.07 Å². The Bertz CT molecular complexity index is 312. The van der Waals surface area contributed by atoms with Crippen molar-refractivity contribution in [2.24, 2.45) is 5.73 Å². The second-order valence-electron chi connectivity index (χ2n) is 3.84. The molecule has 0 radical (unpaired) electrons. The summed E-state index contributed by atoms with van der Waals surface area (Å²) >= 11 is 0. The van der Waals surface area contributed by atoms with Gasteiger partial charge < -0.3 is 10.5 Å². The Morgan fingerprint density at radius 2 is 2.20 bits per heavy atom. The summed E-state index contributed by atoms with van der Waals surface area (Å²) in [5.74, 6) is 0.00161. The van der Waals surface area contributed by atoms with Gasteiger partial charge in [-0.15, -0.1) is 0 Å². The highest BCUT2D eigenvalue weighted by molar-refractivity contribution is 5.29. The van der Waals surface area contributed by atoms with Crippen molar-refractivity contribution in [3.8, 4) is 5.75 Å². The summed E-state index contributed by atoms with van der Waals surface area (Å²) in [6.07, 6.45) is 2.82. The number of nitrogens with two attached hydrogens (primary N) is 1. The van der Waals surface area contributed by atoms with Crippen LogP contribution in [0.1, 0.15) is 25.3 Å². The van der Waals surface area contributed by atoms with E-state index in [1.165, 1.54) is 13.2 Å². The highest BCUT2D eigenvalue weighted by Gasteiger charge is 2.03. The van der Waals surface area contributed by atoms with Crippen LogP contribution in [0.4, 0.5) is 4.39 Å². The lowest BCUT2D eigenvalue weighted by molar-refractivity contribution is 0.386. The molecule has 0 aliphatic carbocycles. The summed E-state index contributed by atoms with van der Waals surface area (Å²) in [4.78, 5) is 0. The quantitative estimate of drug-likeness (QED) is 0.812. The van der Waals surface area contributed by atoms with Gasteiger partial charge in [-0.2, -0.15) is 0 Å². The number of rotatable bonds is 5. The summed E-state index contributed by atoms with van der Waals surface area (Å²) in [6, 6.07) is 5.30. The first-order valence-corrected chi connectivity index (χ1v) is 5.21. The first-order valence-electron chi connectivity index (χ1n) is 5.21. The molecule has 3 heteroatoms. The summed E-state index contributed by atoms with van der Waals surface area (Å²) in [6.45, 7) is 1.98. The fourth-order valence-electron chi connectivity index (χ4n) is 1.49. The Hall–Kier alpha value is -1.09. The van der Waals surface area contributed by atoms with Crippen LogP contribution >= 0.6 is 0 Å². The van der Waals surface area contributed by atoms with E-state index in [-0.39, 0.29) is 11.9 Å². The molecule has 1 aromatic rings. The van der Waals surface area contributed by atoms with Crippen LogP contribution in [0.5, 0.6) is 5.75 Å². The monoisotopic (exact) mass is 211 g/mol. The molecule has 0 heterocycles. The fraction of sp³-hybridized carbons (Fsp3) is 0.500. The van der Waals surface area contributed by atoms with Gasteiger partial charge in [0.05, 0.1) is 7.11 Å². The van der Waals surface area contributed by atoms with Crippen molar-refractivity contribution in [1.82, 2.24) is 0 Å². The van der Waals surface area contributed by atoms with E-state index in [0.717, 1.165) is 24.8 Å². The number of benzene rings is 1. The van der Waals surface area contributed by atoms with Crippen LogP contribution in [0, 0.1) is 5.82 Å². The van der Waals surface area contributed by atoms with Gasteiger partial charge in [-0.3, -0.25) is 0 Å². The maximum atomic E-state index is 13.3. The first-order chi connectivity index (χ1) is 7.13. The van der Waals surface area contributed by atoms with Crippen molar-refractivity contribution in [1.29, 1.82) is 0 Å². The Morgan fingerprint density at radius 3 is 2.73 bits per heavy atom. The molecule has 0 aliphatic rings. The molecule has 2 nitrogen and oxygen atoms in total. The molecule has 1 atom stereocenters. The average molecular weight is 211 g/mol. The minimum absolute atomic E-state index is 0.216. The molecular weight excluding hydrogens is 193 g/mol. The molecule has 0 aromatic heterocycles. The molecule has 84 valence electrons. The standard InChI is InChI=1S/C12H18FNO/c1-9(14)4-3-5-10-6-7-12(15-2)11(13)8-10/h6-9H,3-5,14H2,1-2H3. The van der Waals surface area contributed by atoms with Crippen molar-refractivity contribution in [3.05, 3.63) is 29.6 Å². The number of aryl methyl sites for hydroxylation is 1. The molecule has 0 fully saturated rings. The molecule has 0 spiro atoms. The van der Waals surface area contributed by atoms with Crippen LogP contribution in [0.3, 0.4) is 0 Å². The Balaban J connectivity index is 2.52. The maximum Gasteiger partial charge on any atom is 0.165 e. The van der Waals surface area contributed by atoms with Crippen LogP contribution in [-0.4, -0.2) is 13.2 Å². The molecule has 1 aromatic carbocycles. The lowest BCUT2D eigenvalue weighted by Gasteiger charge is -2.06. The summed E-state index contributed by atoms with van der Waals surface area (Å²) in [5, 5.41) is 0. The third-order valence-corrected chi connectivity index (χ3v) is 2.34. The van der Waals surface area contributed by atoms with E-state index in [0.29, 0.717) is 5.75 Å².